The Hall–Kier alpha value is -1.61. The van der Waals surface area contributed by atoms with Crippen LogP contribution in [0.1, 0.15) is 11.1 Å². The first-order chi connectivity index (χ1) is 8.27. The maximum absolute atomic E-state index is 5.90. The van der Waals surface area contributed by atoms with Gasteiger partial charge < -0.3 is 5.32 Å². The summed E-state index contributed by atoms with van der Waals surface area (Å²) >= 11 is 5.90. The SMILES string of the molecule is Cc1ccccc1CCNc1nccnc1Cl. The molecule has 0 unspecified atom stereocenters. The molecule has 0 aliphatic rings. The van der Waals surface area contributed by atoms with Gasteiger partial charge in [-0.3, -0.25) is 0 Å². The average molecular weight is 248 g/mol. The Bertz CT molecular complexity index is 454. The second-order valence-corrected chi connectivity index (χ2v) is 4.16. The van der Waals surface area contributed by atoms with E-state index >= 15 is 0 Å². The van der Waals surface area contributed by atoms with E-state index < -0.39 is 0 Å². The summed E-state index contributed by atoms with van der Waals surface area (Å²) in [5.74, 6) is 0.641. The molecule has 0 aliphatic carbocycles. The molecular formula is C13H14ClN3. The molecule has 2 aromatic rings. The van der Waals surface area contributed by atoms with Crippen LogP contribution in [-0.2, 0) is 6.42 Å². The van der Waals surface area contributed by atoms with Gasteiger partial charge in [0.05, 0.1) is 0 Å². The zero-order valence-electron chi connectivity index (χ0n) is 9.65. The van der Waals surface area contributed by atoms with E-state index in [0.29, 0.717) is 11.0 Å². The summed E-state index contributed by atoms with van der Waals surface area (Å²) in [6.45, 7) is 2.91. The number of benzene rings is 1. The van der Waals surface area contributed by atoms with E-state index in [1.165, 1.54) is 11.1 Å². The number of nitrogens with one attached hydrogen (secondary N) is 1. The largest absolute Gasteiger partial charge is 0.367 e. The fourth-order valence-corrected chi connectivity index (χ4v) is 1.82. The van der Waals surface area contributed by atoms with Crippen molar-refractivity contribution >= 4 is 17.4 Å². The summed E-state index contributed by atoms with van der Waals surface area (Å²) in [6, 6.07) is 8.35. The standard InChI is InChI=1S/C13H14ClN3/c1-10-4-2-3-5-11(10)6-7-16-13-12(14)15-8-9-17-13/h2-5,8-9H,6-7H2,1H3,(H,16,17). The van der Waals surface area contributed by atoms with Gasteiger partial charge in [-0.05, 0) is 24.5 Å². The number of nitrogens with zero attached hydrogens (tertiary/aromatic N) is 2. The smallest absolute Gasteiger partial charge is 0.171 e. The predicted molar refractivity (Wildman–Crippen MR) is 70.4 cm³/mol. The third-order valence-electron chi connectivity index (χ3n) is 2.60. The minimum Gasteiger partial charge on any atom is -0.367 e. The number of rotatable bonds is 4. The maximum atomic E-state index is 5.90. The molecule has 3 nitrogen and oxygen atoms in total. The third kappa shape index (κ3) is 3.17. The molecule has 0 aliphatic heterocycles. The maximum Gasteiger partial charge on any atom is 0.171 e. The Labute approximate surface area is 106 Å². The molecule has 4 heteroatoms. The Kier molecular flexibility index (Phi) is 3.94. The minimum atomic E-state index is 0.414. The van der Waals surface area contributed by atoms with Crippen LogP contribution in [0.25, 0.3) is 0 Å². The third-order valence-corrected chi connectivity index (χ3v) is 2.88. The van der Waals surface area contributed by atoms with Gasteiger partial charge in [-0.2, -0.15) is 0 Å². The van der Waals surface area contributed by atoms with Crippen LogP contribution in [0.2, 0.25) is 5.15 Å². The lowest BCUT2D eigenvalue weighted by Crippen LogP contribution is -2.07. The highest BCUT2D eigenvalue weighted by molar-refractivity contribution is 6.31. The normalized spacial score (nSPS) is 10.2. The summed E-state index contributed by atoms with van der Waals surface area (Å²) in [5.41, 5.74) is 2.64. The van der Waals surface area contributed by atoms with Crippen LogP contribution in [0.5, 0.6) is 0 Å². The molecular weight excluding hydrogens is 234 g/mol. The molecule has 2 rings (SSSR count). The molecule has 1 heterocycles. The van der Waals surface area contributed by atoms with E-state index in [4.69, 9.17) is 11.6 Å². The molecule has 1 aromatic carbocycles. The Morgan fingerprint density at radius 2 is 1.94 bits per heavy atom. The molecule has 17 heavy (non-hydrogen) atoms. The van der Waals surface area contributed by atoms with Crippen LogP contribution >= 0.6 is 11.6 Å². The first kappa shape index (κ1) is 11.9. The lowest BCUT2D eigenvalue weighted by atomic mass is 10.1. The van der Waals surface area contributed by atoms with Gasteiger partial charge in [0.25, 0.3) is 0 Å². The monoisotopic (exact) mass is 247 g/mol. The number of halogens is 1. The quantitative estimate of drug-likeness (QED) is 0.902. The topological polar surface area (TPSA) is 37.8 Å². The van der Waals surface area contributed by atoms with Gasteiger partial charge in [-0.1, -0.05) is 35.9 Å². The van der Waals surface area contributed by atoms with Gasteiger partial charge in [-0.15, -0.1) is 0 Å². The van der Waals surface area contributed by atoms with Gasteiger partial charge in [0.15, 0.2) is 11.0 Å². The van der Waals surface area contributed by atoms with Gasteiger partial charge in [0, 0.05) is 18.9 Å². The first-order valence-corrected chi connectivity index (χ1v) is 5.90. The Morgan fingerprint density at radius 3 is 2.71 bits per heavy atom. The van der Waals surface area contributed by atoms with Gasteiger partial charge in [0.1, 0.15) is 0 Å². The number of aromatic nitrogens is 2. The molecule has 88 valence electrons. The molecule has 0 bridgehead atoms. The van der Waals surface area contributed by atoms with E-state index in [2.05, 4.69) is 40.4 Å². The van der Waals surface area contributed by atoms with Gasteiger partial charge >= 0.3 is 0 Å². The van der Waals surface area contributed by atoms with Crippen molar-refractivity contribution in [1.29, 1.82) is 0 Å². The Morgan fingerprint density at radius 1 is 1.18 bits per heavy atom. The number of anilines is 1. The highest BCUT2D eigenvalue weighted by Crippen LogP contribution is 2.14. The van der Waals surface area contributed by atoms with E-state index in [9.17, 15) is 0 Å². The van der Waals surface area contributed by atoms with Crippen LogP contribution in [0.3, 0.4) is 0 Å². The van der Waals surface area contributed by atoms with Crippen LogP contribution in [0.4, 0.5) is 5.82 Å². The summed E-state index contributed by atoms with van der Waals surface area (Å²) in [7, 11) is 0. The predicted octanol–water partition coefficient (Wildman–Crippen LogP) is 3.09. The average Bonchev–Trinajstić information content (AvgIpc) is 2.34. The van der Waals surface area contributed by atoms with E-state index in [1.54, 1.807) is 12.4 Å². The van der Waals surface area contributed by atoms with Crippen LogP contribution < -0.4 is 5.32 Å². The lowest BCUT2D eigenvalue weighted by Gasteiger charge is -2.08. The molecule has 0 atom stereocenters. The zero-order chi connectivity index (χ0) is 12.1. The highest BCUT2D eigenvalue weighted by Gasteiger charge is 2.01. The number of aryl methyl sites for hydroxylation is 1. The molecule has 0 saturated heterocycles. The molecule has 0 saturated carbocycles. The van der Waals surface area contributed by atoms with E-state index in [-0.39, 0.29) is 0 Å². The molecule has 1 N–H and O–H groups in total. The molecule has 0 radical (unpaired) electrons. The van der Waals surface area contributed by atoms with Gasteiger partial charge in [0.2, 0.25) is 0 Å². The van der Waals surface area contributed by atoms with Crippen LogP contribution in [0, 0.1) is 6.92 Å². The zero-order valence-corrected chi connectivity index (χ0v) is 10.4. The number of hydrogen-bond donors (Lipinski definition) is 1. The van der Waals surface area contributed by atoms with Crippen molar-refractivity contribution in [2.45, 2.75) is 13.3 Å². The Balaban J connectivity index is 1.93. The van der Waals surface area contributed by atoms with E-state index in [1.807, 2.05) is 6.07 Å². The van der Waals surface area contributed by atoms with Crippen molar-refractivity contribution in [2.24, 2.45) is 0 Å². The molecule has 1 aromatic heterocycles. The summed E-state index contributed by atoms with van der Waals surface area (Å²) in [6.07, 6.45) is 4.15. The van der Waals surface area contributed by atoms with Crippen molar-refractivity contribution in [3.8, 4) is 0 Å². The van der Waals surface area contributed by atoms with Crippen molar-refractivity contribution in [3.05, 3.63) is 52.9 Å². The molecule has 0 amide bonds. The second-order valence-electron chi connectivity index (χ2n) is 3.80. The van der Waals surface area contributed by atoms with Crippen molar-refractivity contribution < 1.29 is 0 Å². The number of hydrogen-bond acceptors (Lipinski definition) is 3. The van der Waals surface area contributed by atoms with E-state index in [0.717, 1.165) is 13.0 Å². The highest BCUT2D eigenvalue weighted by atomic mass is 35.5. The fourth-order valence-electron chi connectivity index (χ4n) is 1.65. The fraction of sp³-hybridized carbons (Fsp3) is 0.231. The molecule has 0 spiro atoms. The summed E-state index contributed by atoms with van der Waals surface area (Å²) in [4.78, 5) is 8.09. The van der Waals surface area contributed by atoms with Crippen LogP contribution in [-0.4, -0.2) is 16.5 Å². The van der Waals surface area contributed by atoms with Crippen LogP contribution in [0.15, 0.2) is 36.7 Å². The van der Waals surface area contributed by atoms with Crippen molar-refractivity contribution in [1.82, 2.24) is 9.97 Å². The molecule has 0 fully saturated rings. The van der Waals surface area contributed by atoms with Crippen molar-refractivity contribution in [3.63, 3.8) is 0 Å². The van der Waals surface area contributed by atoms with Crippen molar-refractivity contribution in [2.75, 3.05) is 11.9 Å². The minimum absolute atomic E-state index is 0.414. The second kappa shape index (κ2) is 5.64. The first-order valence-electron chi connectivity index (χ1n) is 5.52. The van der Waals surface area contributed by atoms with Gasteiger partial charge in [-0.25, -0.2) is 9.97 Å². The summed E-state index contributed by atoms with van der Waals surface area (Å²) in [5, 5.41) is 3.60. The lowest BCUT2D eigenvalue weighted by molar-refractivity contribution is 0.988. The summed E-state index contributed by atoms with van der Waals surface area (Å²) < 4.78 is 0.